The van der Waals surface area contributed by atoms with Crippen LogP contribution in [0.15, 0.2) is 103 Å². The van der Waals surface area contributed by atoms with E-state index in [2.05, 4.69) is 11.1 Å². The van der Waals surface area contributed by atoms with E-state index in [1.54, 1.807) is 48.5 Å². The van der Waals surface area contributed by atoms with Crippen molar-refractivity contribution in [1.82, 2.24) is 14.5 Å². The number of nitrogens with zero attached hydrogens (tertiary/aromatic N) is 3. The topological polar surface area (TPSA) is 81.5 Å². The molecule has 0 saturated carbocycles. The summed E-state index contributed by atoms with van der Waals surface area (Å²) in [5, 5.41) is 1.07. The molecule has 1 aliphatic heterocycles. The summed E-state index contributed by atoms with van der Waals surface area (Å²) in [5.41, 5.74) is 4.09. The van der Waals surface area contributed by atoms with Crippen molar-refractivity contribution in [3.63, 3.8) is 0 Å². The highest BCUT2D eigenvalue weighted by atomic mass is 16.5. The Hall–Kier alpha value is -5.04. The van der Waals surface area contributed by atoms with Crippen molar-refractivity contribution in [3.05, 3.63) is 131 Å². The van der Waals surface area contributed by atoms with Gasteiger partial charge >= 0.3 is 0 Å². The van der Waals surface area contributed by atoms with E-state index in [9.17, 15) is 14.4 Å². The molecule has 0 bridgehead atoms. The van der Waals surface area contributed by atoms with Crippen molar-refractivity contribution in [3.8, 4) is 5.75 Å². The van der Waals surface area contributed by atoms with Crippen LogP contribution in [0, 0.1) is 0 Å². The number of ketones is 1. The molecular formula is C33H27N3O4. The third kappa shape index (κ3) is 5.01. The van der Waals surface area contributed by atoms with Crippen LogP contribution in [0.25, 0.3) is 10.9 Å². The molecule has 3 aromatic carbocycles. The third-order valence-corrected chi connectivity index (χ3v) is 7.10. The second kappa shape index (κ2) is 11.0. The molecule has 7 nitrogen and oxygen atoms in total. The first-order valence-electron chi connectivity index (χ1n) is 13.3. The molecule has 0 unspecified atom stereocenters. The van der Waals surface area contributed by atoms with Crippen LogP contribution in [-0.4, -0.2) is 45.2 Å². The number of carbonyl (C=O) groups is 3. The number of amides is 2. The van der Waals surface area contributed by atoms with Crippen molar-refractivity contribution < 1.29 is 19.1 Å². The largest absolute Gasteiger partial charge is 0.494 e. The molecule has 1 aliphatic rings. The van der Waals surface area contributed by atoms with Gasteiger partial charge in [-0.25, -0.2) is 0 Å². The van der Waals surface area contributed by atoms with Gasteiger partial charge in [-0.05, 0) is 79.1 Å². The van der Waals surface area contributed by atoms with Crippen molar-refractivity contribution in [2.45, 2.75) is 19.4 Å². The highest BCUT2D eigenvalue weighted by molar-refractivity contribution is 6.21. The Balaban J connectivity index is 1.01. The lowest BCUT2D eigenvalue weighted by molar-refractivity contribution is 0.0649. The number of fused-ring (bicyclic) bond motifs is 2. The lowest BCUT2D eigenvalue weighted by atomic mass is 10.1. The second-order valence-electron chi connectivity index (χ2n) is 9.77. The normalized spacial score (nSPS) is 12.7. The smallest absolute Gasteiger partial charge is 0.261 e. The number of hydrogen-bond acceptors (Lipinski definition) is 5. The van der Waals surface area contributed by atoms with Gasteiger partial charge in [-0.3, -0.25) is 24.3 Å². The van der Waals surface area contributed by atoms with E-state index < -0.39 is 0 Å². The maximum atomic E-state index is 13.3. The summed E-state index contributed by atoms with van der Waals surface area (Å²) >= 11 is 0. The number of aromatic nitrogens is 2. The molecule has 0 N–H and O–H groups in total. The van der Waals surface area contributed by atoms with Crippen LogP contribution < -0.4 is 4.74 Å². The minimum Gasteiger partial charge on any atom is -0.494 e. The summed E-state index contributed by atoms with van der Waals surface area (Å²) in [6, 6.07) is 27.8. The van der Waals surface area contributed by atoms with Crippen LogP contribution in [-0.2, 0) is 6.54 Å². The maximum absolute atomic E-state index is 13.3. The van der Waals surface area contributed by atoms with Crippen molar-refractivity contribution in [1.29, 1.82) is 0 Å². The molecule has 6 rings (SSSR count). The van der Waals surface area contributed by atoms with Crippen molar-refractivity contribution in [2.75, 3.05) is 13.2 Å². The summed E-state index contributed by atoms with van der Waals surface area (Å²) < 4.78 is 7.78. The minimum absolute atomic E-state index is 0.0637. The zero-order valence-corrected chi connectivity index (χ0v) is 21.8. The average molecular weight is 530 g/mol. The van der Waals surface area contributed by atoms with Crippen molar-refractivity contribution in [2.24, 2.45) is 0 Å². The monoisotopic (exact) mass is 529 g/mol. The van der Waals surface area contributed by atoms with Gasteiger partial charge in [0.1, 0.15) is 5.75 Å². The van der Waals surface area contributed by atoms with Gasteiger partial charge in [0.25, 0.3) is 11.8 Å². The Morgan fingerprint density at radius 2 is 1.52 bits per heavy atom. The van der Waals surface area contributed by atoms with E-state index in [0.29, 0.717) is 60.7 Å². The predicted molar refractivity (Wildman–Crippen MR) is 152 cm³/mol. The summed E-state index contributed by atoms with van der Waals surface area (Å²) in [5.74, 6) is 0.129. The fourth-order valence-electron chi connectivity index (χ4n) is 5.01. The fourth-order valence-corrected chi connectivity index (χ4v) is 5.01. The number of imide groups is 1. The van der Waals surface area contributed by atoms with Gasteiger partial charge in [-0.15, -0.1) is 0 Å². The lowest BCUT2D eigenvalue weighted by Crippen LogP contribution is -2.30. The van der Waals surface area contributed by atoms with Crippen LogP contribution in [0.1, 0.15) is 55.2 Å². The Morgan fingerprint density at radius 1 is 0.800 bits per heavy atom. The molecule has 0 aliphatic carbocycles. The number of benzene rings is 3. The van der Waals surface area contributed by atoms with Gasteiger partial charge < -0.3 is 9.30 Å². The first-order chi connectivity index (χ1) is 19.6. The molecule has 0 atom stereocenters. The Kier molecular flexibility index (Phi) is 6.93. The third-order valence-electron chi connectivity index (χ3n) is 7.10. The van der Waals surface area contributed by atoms with Crippen LogP contribution >= 0.6 is 0 Å². The Bertz CT molecular complexity index is 1690. The second-order valence-corrected chi connectivity index (χ2v) is 9.77. The Labute approximate surface area is 231 Å². The van der Waals surface area contributed by atoms with Gasteiger partial charge in [0, 0.05) is 36.4 Å². The van der Waals surface area contributed by atoms with Gasteiger partial charge in [0.2, 0.25) is 5.78 Å². The quantitative estimate of drug-likeness (QED) is 0.130. The maximum Gasteiger partial charge on any atom is 0.261 e. The van der Waals surface area contributed by atoms with Gasteiger partial charge in [-0.2, -0.15) is 0 Å². The molecule has 40 heavy (non-hydrogen) atoms. The van der Waals surface area contributed by atoms with Crippen molar-refractivity contribution >= 4 is 28.5 Å². The van der Waals surface area contributed by atoms with E-state index >= 15 is 0 Å². The number of unbranched alkanes of at least 4 members (excludes halogenated alkanes) is 1. The molecule has 2 amide bonds. The first kappa shape index (κ1) is 25.2. The number of para-hydroxylation sites is 1. The van der Waals surface area contributed by atoms with Gasteiger partial charge in [-0.1, -0.05) is 30.3 Å². The van der Waals surface area contributed by atoms with E-state index in [1.165, 1.54) is 4.90 Å². The summed E-state index contributed by atoms with van der Waals surface area (Å²) in [6.07, 6.45) is 5.08. The SMILES string of the molecule is O=C(c1ccc(OCCCCN2C(=O)c3ccccc3C2=O)cc1)c1cccn1Cc1cnc2ccccc2c1. The minimum atomic E-state index is -0.234. The molecule has 0 fully saturated rings. The van der Waals surface area contributed by atoms with Gasteiger partial charge in [0.05, 0.1) is 28.9 Å². The number of pyridine rings is 1. The van der Waals surface area contributed by atoms with E-state index in [1.807, 2.05) is 53.4 Å². The fraction of sp³-hybridized carbons (Fsp3) is 0.152. The van der Waals surface area contributed by atoms with E-state index in [4.69, 9.17) is 4.74 Å². The lowest BCUT2D eigenvalue weighted by Gasteiger charge is -2.14. The number of carbonyl (C=O) groups excluding carboxylic acids is 3. The van der Waals surface area contributed by atoms with E-state index in [-0.39, 0.29) is 17.6 Å². The zero-order chi connectivity index (χ0) is 27.5. The predicted octanol–water partition coefficient (Wildman–Crippen LogP) is 5.77. The first-order valence-corrected chi connectivity index (χ1v) is 13.3. The van der Waals surface area contributed by atoms with Crippen LogP contribution in [0.2, 0.25) is 0 Å². The molecule has 7 heteroatoms. The number of hydrogen-bond donors (Lipinski definition) is 0. The van der Waals surface area contributed by atoms with Crippen LogP contribution in [0.5, 0.6) is 5.75 Å². The molecule has 3 heterocycles. The molecule has 5 aromatic rings. The Morgan fingerprint density at radius 3 is 2.30 bits per heavy atom. The zero-order valence-electron chi connectivity index (χ0n) is 21.8. The molecule has 0 radical (unpaired) electrons. The number of ether oxygens (including phenoxy) is 1. The summed E-state index contributed by atoms with van der Waals surface area (Å²) in [4.78, 5) is 44.0. The van der Waals surface area contributed by atoms with Gasteiger partial charge in [0.15, 0.2) is 0 Å². The molecular weight excluding hydrogens is 502 g/mol. The standard InChI is InChI=1S/C33H27N3O4/c37-31(30-12-7-17-35(30)22-23-20-25-8-1-4-11-29(25)34-21-23)24-13-15-26(16-14-24)40-19-6-5-18-36-32(38)27-9-2-3-10-28(27)33(36)39/h1-4,7-17,20-21H,5-6,18-19,22H2. The molecule has 0 spiro atoms. The van der Waals surface area contributed by atoms with Crippen LogP contribution in [0.3, 0.4) is 0 Å². The average Bonchev–Trinajstić information content (AvgIpc) is 3.55. The number of rotatable bonds is 10. The highest BCUT2D eigenvalue weighted by Gasteiger charge is 2.34. The van der Waals surface area contributed by atoms with E-state index in [0.717, 1.165) is 16.5 Å². The van der Waals surface area contributed by atoms with Crippen LogP contribution in [0.4, 0.5) is 0 Å². The summed E-state index contributed by atoms with van der Waals surface area (Å²) in [7, 11) is 0. The highest BCUT2D eigenvalue weighted by Crippen LogP contribution is 2.23. The summed E-state index contributed by atoms with van der Waals surface area (Å²) in [6.45, 7) is 1.35. The molecule has 2 aromatic heterocycles. The molecule has 198 valence electrons. The molecule has 0 saturated heterocycles.